The molecule has 6 nitrogen and oxygen atoms in total. The molecule has 0 aliphatic carbocycles. The zero-order valence-corrected chi connectivity index (χ0v) is 14.1. The van der Waals surface area contributed by atoms with E-state index in [1.807, 2.05) is 36.5 Å². The molecule has 2 aromatic carbocycles. The standard InChI is InChI=1S/C18H15N5OS/c24-17-15-8-4-5-9-16(15)20-21-23(17)13-25-18-19-10-11-22(18)12-14-6-2-1-3-7-14/h1-11H,12-13H2. The van der Waals surface area contributed by atoms with E-state index in [1.165, 1.54) is 22.0 Å². The van der Waals surface area contributed by atoms with E-state index in [-0.39, 0.29) is 5.56 Å². The number of hydrogen-bond acceptors (Lipinski definition) is 5. The van der Waals surface area contributed by atoms with Crippen molar-refractivity contribution in [3.05, 3.63) is 82.9 Å². The highest BCUT2D eigenvalue weighted by Crippen LogP contribution is 2.18. The molecule has 0 saturated carbocycles. The Labute approximate surface area is 148 Å². The molecule has 7 heteroatoms. The fraction of sp³-hybridized carbons (Fsp3) is 0.111. The maximum atomic E-state index is 12.5. The number of benzene rings is 2. The van der Waals surface area contributed by atoms with Gasteiger partial charge in [-0.2, -0.15) is 4.68 Å². The number of hydrogen-bond donors (Lipinski definition) is 0. The van der Waals surface area contributed by atoms with Crippen molar-refractivity contribution >= 4 is 22.7 Å². The third kappa shape index (κ3) is 3.32. The Balaban J connectivity index is 1.54. The van der Waals surface area contributed by atoms with Crippen LogP contribution in [0.25, 0.3) is 10.9 Å². The minimum atomic E-state index is -0.140. The number of nitrogens with zero attached hydrogens (tertiary/aromatic N) is 5. The lowest BCUT2D eigenvalue weighted by Crippen LogP contribution is -2.23. The Hall–Kier alpha value is -2.93. The van der Waals surface area contributed by atoms with Crippen LogP contribution < -0.4 is 5.56 Å². The van der Waals surface area contributed by atoms with Gasteiger partial charge in [0, 0.05) is 18.9 Å². The monoisotopic (exact) mass is 349 g/mol. The first-order valence-electron chi connectivity index (χ1n) is 7.82. The molecule has 0 spiro atoms. The normalized spacial score (nSPS) is 11.0. The third-order valence-corrected chi connectivity index (χ3v) is 4.79. The van der Waals surface area contributed by atoms with Gasteiger partial charge in [-0.15, -0.1) is 5.10 Å². The highest BCUT2D eigenvalue weighted by atomic mass is 32.2. The Morgan fingerprint density at radius 3 is 2.68 bits per heavy atom. The number of fused-ring (bicyclic) bond motifs is 1. The maximum Gasteiger partial charge on any atom is 0.278 e. The molecule has 0 amide bonds. The summed E-state index contributed by atoms with van der Waals surface area (Å²) in [5.41, 5.74) is 1.67. The van der Waals surface area contributed by atoms with Gasteiger partial charge < -0.3 is 4.57 Å². The molecule has 0 bridgehead atoms. The lowest BCUT2D eigenvalue weighted by molar-refractivity contribution is 0.639. The molecule has 0 saturated heterocycles. The summed E-state index contributed by atoms with van der Waals surface area (Å²) in [6.07, 6.45) is 3.70. The van der Waals surface area contributed by atoms with Gasteiger partial charge in [-0.05, 0) is 17.7 Å². The average Bonchev–Trinajstić information content (AvgIpc) is 3.09. The van der Waals surface area contributed by atoms with Gasteiger partial charge in [0.2, 0.25) is 0 Å². The molecule has 0 fully saturated rings. The zero-order chi connectivity index (χ0) is 17.1. The summed E-state index contributed by atoms with van der Waals surface area (Å²) in [5.74, 6) is 0.364. The van der Waals surface area contributed by atoms with E-state index < -0.39 is 0 Å². The van der Waals surface area contributed by atoms with Gasteiger partial charge in [0.1, 0.15) is 5.52 Å². The Morgan fingerprint density at radius 2 is 1.80 bits per heavy atom. The molecule has 0 unspecified atom stereocenters. The molecule has 0 atom stereocenters. The van der Waals surface area contributed by atoms with Gasteiger partial charge in [-0.25, -0.2) is 4.98 Å². The van der Waals surface area contributed by atoms with Crippen LogP contribution >= 0.6 is 11.8 Å². The molecule has 4 aromatic rings. The van der Waals surface area contributed by atoms with Gasteiger partial charge >= 0.3 is 0 Å². The summed E-state index contributed by atoms with van der Waals surface area (Å²) < 4.78 is 3.42. The fourth-order valence-electron chi connectivity index (χ4n) is 2.56. The first-order chi connectivity index (χ1) is 12.3. The third-order valence-electron chi connectivity index (χ3n) is 3.82. The van der Waals surface area contributed by atoms with Gasteiger partial charge in [-0.1, -0.05) is 59.4 Å². The van der Waals surface area contributed by atoms with Gasteiger partial charge in [0.05, 0.1) is 11.3 Å². The largest absolute Gasteiger partial charge is 0.322 e. The first-order valence-corrected chi connectivity index (χ1v) is 8.80. The second kappa shape index (κ2) is 6.90. The lowest BCUT2D eigenvalue weighted by Gasteiger charge is -2.08. The van der Waals surface area contributed by atoms with Crippen molar-refractivity contribution in [3.63, 3.8) is 0 Å². The minimum Gasteiger partial charge on any atom is -0.322 e. The molecule has 2 heterocycles. The van der Waals surface area contributed by atoms with Crippen molar-refractivity contribution in [1.82, 2.24) is 24.5 Å². The summed E-state index contributed by atoms with van der Waals surface area (Å²) in [6, 6.07) is 17.4. The molecule has 0 radical (unpaired) electrons. The Bertz CT molecular complexity index is 1060. The molecule has 25 heavy (non-hydrogen) atoms. The van der Waals surface area contributed by atoms with E-state index in [4.69, 9.17) is 0 Å². The summed E-state index contributed by atoms with van der Waals surface area (Å²) in [4.78, 5) is 16.9. The van der Waals surface area contributed by atoms with E-state index in [1.54, 1.807) is 18.3 Å². The van der Waals surface area contributed by atoms with Gasteiger partial charge in [0.25, 0.3) is 5.56 Å². The first kappa shape index (κ1) is 15.6. The van der Waals surface area contributed by atoms with E-state index in [2.05, 4.69) is 32.0 Å². The molecule has 2 aromatic heterocycles. The molecule has 0 aliphatic rings. The molecule has 124 valence electrons. The van der Waals surface area contributed by atoms with Crippen LogP contribution in [-0.2, 0) is 12.4 Å². The molecule has 0 N–H and O–H groups in total. The number of imidazole rings is 1. The van der Waals surface area contributed by atoms with E-state index in [0.717, 1.165) is 11.7 Å². The second-order valence-electron chi connectivity index (χ2n) is 5.51. The fourth-order valence-corrected chi connectivity index (χ4v) is 3.40. The van der Waals surface area contributed by atoms with Gasteiger partial charge in [-0.3, -0.25) is 4.79 Å². The summed E-state index contributed by atoms with van der Waals surface area (Å²) in [5, 5.41) is 9.53. The van der Waals surface area contributed by atoms with Crippen molar-refractivity contribution in [2.75, 3.05) is 0 Å². The van der Waals surface area contributed by atoms with Crippen LogP contribution in [0.15, 0.2) is 76.9 Å². The predicted molar refractivity (Wildman–Crippen MR) is 97.4 cm³/mol. The van der Waals surface area contributed by atoms with Crippen LogP contribution in [0.1, 0.15) is 5.56 Å². The quantitative estimate of drug-likeness (QED) is 0.518. The van der Waals surface area contributed by atoms with E-state index in [9.17, 15) is 4.79 Å². The Morgan fingerprint density at radius 1 is 1.00 bits per heavy atom. The summed E-state index contributed by atoms with van der Waals surface area (Å²) in [6.45, 7) is 0.738. The average molecular weight is 349 g/mol. The van der Waals surface area contributed by atoms with E-state index in [0.29, 0.717) is 16.8 Å². The number of rotatable bonds is 5. The zero-order valence-electron chi connectivity index (χ0n) is 13.3. The smallest absolute Gasteiger partial charge is 0.278 e. The molecule has 0 aliphatic heterocycles. The van der Waals surface area contributed by atoms with Crippen molar-refractivity contribution in [2.45, 2.75) is 17.6 Å². The number of aromatic nitrogens is 5. The van der Waals surface area contributed by atoms with Crippen LogP contribution in [0, 0.1) is 0 Å². The SMILES string of the molecule is O=c1c2ccccc2nnn1CSc1nccn1Cc1ccccc1. The van der Waals surface area contributed by atoms with Gasteiger partial charge in [0.15, 0.2) is 5.16 Å². The topological polar surface area (TPSA) is 65.6 Å². The van der Waals surface area contributed by atoms with Crippen LogP contribution in [0.3, 0.4) is 0 Å². The molecule has 4 rings (SSSR count). The van der Waals surface area contributed by atoms with Crippen molar-refractivity contribution in [1.29, 1.82) is 0 Å². The highest BCUT2D eigenvalue weighted by Gasteiger charge is 2.08. The van der Waals surface area contributed by atoms with E-state index >= 15 is 0 Å². The maximum absolute atomic E-state index is 12.5. The van der Waals surface area contributed by atoms with Crippen LogP contribution in [0.2, 0.25) is 0 Å². The summed E-state index contributed by atoms with van der Waals surface area (Å²) in [7, 11) is 0. The minimum absolute atomic E-state index is 0.140. The highest BCUT2D eigenvalue weighted by molar-refractivity contribution is 7.98. The van der Waals surface area contributed by atoms with Crippen LogP contribution in [0.4, 0.5) is 0 Å². The predicted octanol–water partition coefficient (Wildman–Crippen LogP) is 2.79. The molecular formula is C18H15N5OS. The molecular weight excluding hydrogens is 334 g/mol. The summed E-state index contributed by atoms with van der Waals surface area (Å²) >= 11 is 1.46. The van der Waals surface area contributed by atoms with Crippen molar-refractivity contribution < 1.29 is 0 Å². The van der Waals surface area contributed by atoms with Crippen molar-refractivity contribution in [2.24, 2.45) is 0 Å². The Kier molecular flexibility index (Phi) is 4.30. The van der Waals surface area contributed by atoms with Crippen LogP contribution in [-0.4, -0.2) is 24.5 Å². The second-order valence-corrected chi connectivity index (χ2v) is 6.42. The van der Waals surface area contributed by atoms with Crippen LogP contribution in [0.5, 0.6) is 0 Å². The van der Waals surface area contributed by atoms with Crippen molar-refractivity contribution in [3.8, 4) is 0 Å². The number of thioether (sulfide) groups is 1. The lowest BCUT2D eigenvalue weighted by atomic mass is 10.2.